The molecule has 16 heavy (non-hydrogen) atoms. The third-order valence-electron chi connectivity index (χ3n) is 4.26. The van der Waals surface area contributed by atoms with Crippen LogP contribution in [0.3, 0.4) is 0 Å². The second-order valence-corrected chi connectivity index (χ2v) is 6.01. The van der Waals surface area contributed by atoms with Gasteiger partial charge in [-0.15, -0.1) is 0 Å². The van der Waals surface area contributed by atoms with Gasteiger partial charge in [0.2, 0.25) is 5.91 Å². The molecule has 1 saturated heterocycles. The van der Waals surface area contributed by atoms with Gasteiger partial charge in [-0.05, 0) is 24.7 Å². The van der Waals surface area contributed by atoms with Crippen LogP contribution in [0, 0.1) is 5.41 Å². The van der Waals surface area contributed by atoms with Crippen LogP contribution in [0.1, 0.15) is 52.9 Å². The first-order valence-electron chi connectivity index (χ1n) is 6.51. The first-order chi connectivity index (χ1) is 7.58. The molecule has 0 spiro atoms. The minimum absolute atomic E-state index is 0.0169. The summed E-state index contributed by atoms with van der Waals surface area (Å²) >= 11 is 3.45. The second-order valence-electron chi connectivity index (χ2n) is 4.91. The first-order valence-corrected chi connectivity index (χ1v) is 7.43. The molecule has 1 unspecified atom stereocenters. The van der Waals surface area contributed by atoms with Gasteiger partial charge in [0.15, 0.2) is 0 Å². The molecule has 0 radical (unpaired) electrons. The van der Waals surface area contributed by atoms with E-state index in [4.69, 9.17) is 0 Å². The number of halogens is 1. The molecule has 0 aromatic rings. The number of amides is 1. The number of carbonyl (C=O) groups is 1. The van der Waals surface area contributed by atoms with E-state index >= 15 is 0 Å². The first kappa shape index (κ1) is 14.0. The van der Waals surface area contributed by atoms with Crippen molar-refractivity contribution in [2.75, 3.05) is 13.1 Å². The summed E-state index contributed by atoms with van der Waals surface area (Å²) in [5.41, 5.74) is 0.505. The fourth-order valence-electron chi connectivity index (χ4n) is 2.53. The van der Waals surface area contributed by atoms with Crippen molar-refractivity contribution in [2.24, 2.45) is 5.41 Å². The van der Waals surface area contributed by atoms with Crippen LogP contribution in [0.15, 0.2) is 0 Å². The van der Waals surface area contributed by atoms with Gasteiger partial charge < -0.3 is 4.90 Å². The average Bonchev–Trinajstić information content (AvgIpc) is 2.37. The fourth-order valence-corrected chi connectivity index (χ4v) is 2.82. The molecule has 1 amide bonds. The number of carbonyl (C=O) groups excluding carboxylic acids is 1. The molecular weight excluding hydrogens is 266 g/mol. The minimum atomic E-state index is 0.0169. The Bertz CT molecular complexity index is 228. The standard InChI is InChI=1S/C13H24BrNO/c1-4-11(14)12(16)15-9-7-13(5-2,6-3)8-10-15/h11H,4-10H2,1-3H3. The van der Waals surface area contributed by atoms with Gasteiger partial charge >= 0.3 is 0 Å². The van der Waals surface area contributed by atoms with E-state index in [0.717, 1.165) is 19.5 Å². The normalized spacial score (nSPS) is 21.9. The number of rotatable bonds is 4. The number of likely N-dealkylation sites (tertiary alicyclic amines) is 1. The average molecular weight is 290 g/mol. The Morgan fingerprint density at radius 1 is 1.25 bits per heavy atom. The zero-order valence-electron chi connectivity index (χ0n) is 10.8. The third-order valence-corrected chi connectivity index (χ3v) is 5.30. The van der Waals surface area contributed by atoms with Crippen molar-refractivity contribution in [3.8, 4) is 0 Å². The molecule has 0 aliphatic carbocycles. The molecule has 0 aromatic carbocycles. The molecule has 0 saturated carbocycles. The molecule has 1 fully saturated rings. The predicted molar refractivity (Wildman–Crippen MR) is 71.8 cm³/mol. The summed E-state index contributed by atoms with van der Waals surface area (Å²) in [5, 5.41) is 0. The molecule has 0 N–H and O–H groups in total. The highest BCUT2D eigenvalue weighted by molar-refractivity contribution is 9.10. The lowest BCUT2D eigenvalue weighted by atomic mass is 9.74. The van der Waals surface area contributed by atoms with Crippen LogP contribution in [0.4, 0.5) is 0 Å². The van der Waals surface area contributed by atoms with E-state index < -0.39 is 0 Å². The third kappa shape index (κ3) is 2.99. The monoisotopic (exact) mass is 289 g/mol. The molecule has 3 heteroatoms. The van der Waals surface area contributed by atoms with Crippen molar-refractivity contribution in [2.45, 2.75) is 57.7 Å². The highest BCUT2D eigenvalue weighted by Gasteiger charge is 2.33. The van der Waals surface area contributed by atoms with E-state index in [1.807, 2.05) is 11.8 Å². The fraction of sp³-hybridized carbons (Fsp3) is 0.923. The molecule has 1 atom stereocenters. The summed E-state index contributed by atoms with van der Waals surface area (Å²) in [6.07, 6.45) is 5.72. The van der Waals surface area contributed by atoms with Crippen LogP contribution >= 0.6 is 15.9 Å². The van der Waals surface area contributed by atoms with Gasteiger partial charge in [0.05, 0.1) is 4.83 Å². The van der Waals surface area contributed by atoms with Crippen molar-refractivity contribution in [1.29, 1.82) is 0 Å². The van der Waals surface area contributed by atoms with E-state index in [-0.39, 0.29) is 10.7 Å². The summed E-state index contributed by atoms with van der Waals surface area (Å²) < 4.78 is 0. The highest BCUT2D eigenvalue weighted by Crippen LogP contribution is 2.38. The van der Waals surface area contributed by atoms with Crippen LogP contribution in [-0.4, -0.2) is 28.7 Å². The van der Waals surface area contributed by atoms with Crippen molar-refractivity contribution in [3.05, 3.63) is 0 Å². The van der Waals surface area contributed by atoms with Gasteiger partial charge in [-0.3, -0.25) is 4.79 Å². The number of nitrogens with zero attached hydrogens (tertiary/aromatic N) is 1. The van der Waals surface area contributed by atoms with Crippen LogP contribution in [-0.2, 0) is 4.79 Å². The van der Waals surface area contributed by atoms with E-state index in [9.17, 15) is 4.79 Å². The van der Waals surface area contributed by atoms with Crippen LogP contribution in [0.2, 0.25) is 0 Å². The van der Waals surface area contributed by atoms with Crippen molar-refractivity contribution < 1.29 is 4.79 Å². The zero-order chi connectivity index (χ0) is 12.2. The summed E-state index contributed by atoms with van der Waals surface area (Å²) in [7, 11) is 0. The Kier molecular flexibility index (Phi) is 5.29. The van der Waals surface area contributed by atoms with Crippen LogP contribution < -0.4 is 0 Å². The lowest BCUT2D eigenvalue weighted by molar-refractivity contribution is -0.132. The molecule has 1 aliphatic rings. The van der Waals surface area contributed by atoms with Crippen molar-refractivity contribution in [3.63, 3.8) is 0 Å². The summed E-state index contributed by atoms with van der Waals surface area (Å²) in [6, 6.07) is 0. The summed E-state index contributed by atoms with van der Waals surface area (Å²) in [6.45, 7) is 8.50. The SMILES string of the molecule is CCC(Br)C(=O)N1CCC(CC)(CC)CC1. The maximum Gasteiger partial charge on any atom is 0.236 e. The second kappa shape index (κ2) is 6.04. The van der Waals surface area contributed by atoms with Gasteiger partial charge in [-0.2, -0.15) is 0 Å². The number of alkyl halides is 1. The van der Waals surface area contributed by atoms with Crippen LogP contribution in [0.5, 0.6) is 0 Å². The zero-order valence-corrected chi connectivity index (χ0v) is 12.3. The maximum atomic E-state index is 12.0. The largest absolute Gasteiger partial charge is 0.342 e. The van der Waals surface area contributed by atoms with Gasteiger partial charge in [-0.25, -0.2) is 0 Å². The Hall–Kier alpha value is -0.0500. The quantitative estimate of drug-likeness (QED) is 0.725. The van der Waals surface area contributed by atoms with Gasteiger partial charge in [0, 0.05) is 13.1 Å². The van der Waals surface area contributed by atoms with E-state index in [2.05, 4.69) is 29.8 Å². The van der Waals surface area contributed by atoms with Gasteiger partial charge in [-0.1, -0.05) is 49.5 Å². The Morgan fingerprint density at radius 3 is 2.12 bits per heavy atom. The molecule has 1 rings (SSSR count). The molecule has 1 aliphatic heterocycles. The smallest absolute Gasteiger partial charge is 0.236 e. The number of hydrogen-bond acceptors (Lipinski definition) is 1. The predicted octanol–water partition coefficient (Wildman–Crippen LogP) is 3.59. The molecule has 0 aromatic heterocycles. The summed E-state index contributed by atoms with van der Waals surface area (Å²) in [4.78, 5) is 14.0. The van der Waals surface area contributed by atoms with Crippen LogP contribution in [0.25, 0.3) is 0 Å². The van der Waals surface area contributed by atoms with Gasteiger partial charge in [0.25, 0.3) is 0 Å². The molecule has 94 valence electrons. The molecule has 0 bridgehead atoms. The number of hydrogen-bond donors (Lipinski definition) is 0. The van der Waals surface area contributed by atoms with E-state index in [1.54, 1.807) is 0 Å². The molecule has 1 heterocycles. The minimum Gasteiger partial charge on any atom is -0.342 e. The van der Waals surface area contributed by atoms with Crippen molar-refractivity contribution >= 4 is 21.8 Å². The number of piperidine rings is 1. The lowest BCUT2D eigenvalue weighted by Gasteiger charge is -2.41. The lowest BCUT2D eigenvalue weighted by Crippen LogP contribution is -2.45. The molecular formula is C13H24BrNO. The topological polar surface area (TPSA) is 20.3 Å². The maximum absolute atomic E-state index is 12.0. The highest BCUT2D eigenvalue weighted by atomic mass is 79.9. The Morgan fingerprint density at radius 2 is 1.75 bits per heavy atom. The van der Waals surface area contributed by atoms with Gasteiger partial charge in [0.1, 0.15) is 0 Å². The Labute approximate surface area is 108 Å². The van der Waals surface area contributed by atoms with Crippen molar-refractivity contribution in [1.82, 2.24) is 4.90 Å². The molecule has 2 nitrogen and oxygen atoms in total. The summed E-state index contributed by atoms with van der Waals surface area (Å²) in [5.74, 6) is 0.281. The van der Waals surface area contributed by atoms with E-state index in [0.29, 0.717) is 5.41 Å². The van der Waals surface area contributed by atoms with E-state index in [1.165, 1.54) is 25.7 Å². The Balaban J connectivity index is 2.51.